The van der Waals surface area contributed by atoms with E-state index in [1.807, 2.05) is 67.4 Å². The number of hydrogen-bond donors (Lipinski definition) is 0. The minimum atomic E-state index is -0.0928. The zero-order valence-electron chi connectivity index (χ0n) is 22.3. The van der Waals surface area contributed by atoms with E-state index in [0.29, 0.717) is 17.9 Å². The summed E-state index contributed by atoms with van der Waals surface area (Å²) in [6.45, 7) is 9.13. The van der Waals surface area contributed by atoms with Gasteiger partial charge >= 0.3 is 6.03 Å². The molecule has 0 N–H and O–H groups in total. The lowest BCUT2D eigenvalue weighted by atomic mass is 10.0. The smallest absolute Gasteiger partial charge is 0.329 e. The Balaban J connectivity index is 1.29. The SMILES string of the molecule is C=C/C(=C\C)CN1CCC(N(C)C(=O)n2cnc(-c3ccc(C(=O)COCc4ccccc4)cc3)c2)CC1. The van der Waals surface area contributed by atoms with Gasteiger partial charge in [0.25, 0.3) is 0 Å². The van der Waals surface area contributed by atoms with Crippen LogP contribution >= 0.6 is 0 Å². The van der Waals surface area contributed by atoms with Crippen molar-refractivity contribution in [1.82, 2.24) is 19.4 Å². The second-order valence-electron chi connectivity index (χ2n) is 9.61. The molecule has 38 heavy (non-hydrogen) atoms. The molecule has 0 aliphatic carbocycles. The summed E-state index contributed by atoms with van der Waals surface area (Å²) in [4.78, 5) is 34.3. The molecular formula is C31H36N4O3. The number of allylic oxidation sites excluding steroid dienone is 1. The molecule has 0 saturated carbocycles. The monoisotopic (exact) mass is 512 g/mol. The number of hydrogen-bond acceptors (Lipinski definition) is 5. The fourth-order valence-corrected chi connectivity index (χ4v) is 4.66. The highest BCUT2D eigenvalue weighted by Gasteiger charge is 2.26. The van der Waals surface area contributed by atoms with Crippen molar-refractivity contribution in [2.45, 2.75) is 32.4 Å². The molecule has 198 valence electrons. The number of carbonyl (C=O) groups excluding carboxylic acids is 2. The standard InChI is InChI=1S/C31H36N4O3/c1-4-24(5-2)19-34-17-15-28(16-18-34)33(3)31(37)35-20-29(32-23-35)26-11-13-27(14-12-26)30(36)22-38-21-25-9-7-6-8-10-25/h4-14,20,23,28H,1,15-19,21-22H2,2-3H3/b24-5+. The molecule has 2 aromatic carbocycles. The number of piperidine rings is 1. The fraction of sp³-hybridized carbons (Fsp3) is 0.323. The maximum absolute atomic E-state index is 13.1. The number of benzene rings is 2. The zero-order chi connectivity index (χ0) is 26.9. The van der Waals surface area contributed by atoms with Crippen molar-refractivity contribution < 1.29 is 14.3 Å². The topological polar surface area (TPSA) is 67.7 Å². The Morgan fingerprint density at radius 1 is 1.11 bits per heavy atom. The van der Waals surface area contributed by atoms with Crippen molar-refractivity contribution in [3.05, 3.63) is 103 Å². The van der Waals surface area contributed by atoms with Gasteiger partial charge in [-0.1, -0.05) is 73.3 Å². The minimum absolute atomic E-state index is 0.0212. The van der Waals surface area contributed by atoms with E-state index in [-0.39, 0.29) is 24.5 Å². The van der Waals surface area contributed by atoms with Crippen molar-refractivity contribution in [1.29, 1.82) is 0 Å². The molecule has 1 saturated heterocycles. The van der Waals surface area contributed by atoms with Crippen molar-refractivity contribution >= 4 is 11.8 Å². The molecule has 1 fully saturated rings. The number of ether oxygens (including phenoxy) is 1. The summed E-state index contributed by atoms with van der Waals surface area (Å²) in [7, 11) is 1.86. The Kier molecular flexibility index (Phi) is 9.40. The van der Waals surface area contributed by atoms with Gasteiger partial charge in [-0.15, -0.1) is 0 Å². The van der Waals surface area contributed by atoms with Crippen LogP contribution in [-0.2, 0) is 11.3 Å². The molecule has 4 rings (SSSR count). The van der Waals surface area contributed by atoms with Gasteiger partial charge in [0, 0.05) is 50.0 Å². The largest absolute Gasteiger partial charge is 0.369 e. The highest BCUT2D eigenvalue weighted by Crippen LogP contribution is 2.21. The molecule has 0 radical (unpaired) electrons. The first-order valence-electron chi connectivity index (χ1n) is 13.0. The molecule has 0 bridgehead atoms. The van der Waals surface area contributed by atoms with Crippen LogP contribution in [-0.4, -0.2) is 70.5 Å². The fourth-order valence-electron chi connectivity index (χ4n) is 4.66. The van der Waals surface area contributed by atoms with Crippen LogP contribution in [0.2, 0.25) is 0 Å². The van der Waals surface area contributed by atoms with Gasteiger partial charge in [0.15, 0.2) is 5.78 Å². The number of nitrogens with zero attached hydrogens (tertiary/aromatic N) is 4. The molecule has 2 heterocycles. The van der Waals surface area contributed by atoms with E-state index in [1.165, 1.54) is 10.1 Å². The van der Waals surface area contributed by atoms with Gasteiger partial charge in [-0.05, 0) is 30.9 Å². The van der Waals surface area contributed by atoms with Crippen LogP contribution in [0.25, 0.3) is 11.3 Å². The Hall–Kier alpha value is -3.81. The maximum Gasteiger partial charge on any atom is 0.329 e. The Bertz CT molecular complexity index is 1260. The number of rotatable bonds is 10. The van der Waals surface area contributed by atoms with E-state index in [1.54, 1.807) is 24.7 Å². The van der Waals surface area contributed by atoms with E-state index >= 15 is 0 Å². The normalized spacial score (nSPS) is 14.8. The average molecular weight is 513 g/mol. The van der Waals surface area contributed by atoms with Crippen LogP contribution < -0.4 is 0 Å². The molecule has 1 aliphatic rings. The average Bonchev–Trinajstić information content (AvgIpc) is 3.46. The molecule has 1 amide bonds. The summed E-state index contributed by atoms with van der Waals surface area (Å²) in [5, 5.41) is 0. The number of imidazole rings is 1. The molecule has 0 unspecified atom stereocenters. The molecule has 7 heteroatoms. The van der Waals surface area contributed by atoms with Crippen LogP contribution in [0.3, 0.4) is 0 Å². The third-order valence-corrected chi connectivity index (χ3v) is 7.10. The first kappa shape index (κ1) is 27.2. The lowest BCUT2D eigenvalue weighted by molar-refractivity contribution is 0.0726. The Morgan fingerprint density at radius 2 is 1.82 bits per heavy atom. The minimum Gasteiger partial charge on any atom is -0.369 e. The van der Waals surface area contributed by atoms with Crippen molar-refractivity contribution in [3.63, 3.8) is 0 Å². The molecule has 7 nitrogen and oxygen atoms in total. The second-order valence-corrected chi connectivity index (χ2v) is 9.61. The summed E-state index contributed by atoms with van der Waals surface area (Å²) in [6, 6.07) is 17.1. The third kappa shape index (κ3) is 6.94. The van der Waals surface area contributed by atoms with E-state index in [4.69, 9.17) is 4.74 Å². The quantitative estimate of drug-likeness (QED) is 0.267. The van der Waals surface area contributed by atoms with Gasteiger partial charge in [0.2, 0.25) is 0 Å². The van der Waals surface area contributed by atoms with Crippen LogP contribution in [0.15, 0.2) is 91.4 Å². The first-order chi connectivity index (χ1) is 18.5. The van der Waals surface area contributed by atoms with Crippen LogP contribution in [0, 0.1) is 0 Å². The lowest BCUT2D eigenvalue weighted by Gasteiger charge is -2.36. The van der Waals surface area contributed by atoms with E-state index in [0.717, 1.165) is 43.6 Å². The maximum atomic E-state index is 13.1. The number of amides is 1. The van der Waals surface area contributed by atoms with Crippen LogP contribution in [0.1, 0.15) is 35.7 Å². The van der Waals surface area contributed by atoms with Crippen molar-refractivity contribution in [2.24, 2.45) is 0 Å². The Morgan fingerprint density at radius 3 is 2.47 bits per heavy atom. The second kappa shape index (κ2) is 13.1. The van der Waals surface area contributed by atoms with Gasteiger partial charge < -0.3 is 9.64 Å². The van der Waals surface area contributed by atoms with Gasteiger partial charge in [-0.2, -0.15) is 0 Å². The third-order valence-electron chi connectivity index (χ3n) is 7.10. The predicted molar refractivity (Wildman–Crippen MR) is 150 cm³/mol. The van der Waals surface area contributed by atoms with Crippen molar-refractivity contribution in [2.75, 3.05) is 33.3 Å². The molecule has 0 spiro atoms. The summed E-state index contributed by atoms with van der Waals surface area (Å²) in [5.41, 5.74) is 4.37. The van der Waals surface area contributed by atoms with Crippen molar-refractivity contribution in [3.8, 4) is 11.3 Å². The van der Waals surface area contributed by atoms with E-state index in [9.17, 15) is 9.59 Å². The first-order valence-corrected chi connectivity index (χ1v) is 13.0. The predicted octanol–water partition coefficient (Wildman–Crippen LogP) is 5.45. The highest BCUT2D eigenvalue weighted by molar-refractivity contribution is 5.97. The van der Waals surface area contributed by atoms with Crippen LogP contribution in [0.4, 0.5) is 4.79 Å². The number of aromatic nitrogens is 2. The molecule has 1 aliphatic heterocycles. The van der Waals surface area contributed by atoms with Gasteiger partial charge in [0.1, 0.15) is 12.9 Å². The molecule has 3 aromatic rings. The van der Waals surface area contributed by atoms with E-state index in [2.05, 4.69) is 22.5 Å². The Labute approximate surface area is 225 Å². The number of carbonyl (C=O) groups is 2. The number of likely N-dealkylation sites (tertiary alicyclic amines) is 1. The van der Waals surface area contributed by atoms with E-state index < -0.39 is 0 Å². The molecule has 0 atom stereocenters. The highest BCUT2D eigenvalue weighted by atomic mass is 16.5. The molecular weight excluding hydrogens is 476 g/mol. The van der Waals surface area contributed by atoms with Gasteiger partial charge in [-0.3, -0.25) is 14.3 Å². The number of ketones is 1. The summed E-state index contributed by atoms with van der Waals surface area (Å²) < 4.78 is 7.10. The lowest BCUT2D eigenvalue weighted by Crippen LogP contribution is -2.46. The van der Waals surface area contributed by atoms with Crippen LogP contribution in [0.5, 0.6) is 0 Å². The van der Waals surface area contributed by atoms with Gasteiger partial charge in [-0.25, -0.2) is 9.78 Å². The number of Topliss-reactive ketones (excluding diaryl/α,β-unsaturated/α-hetero) is 1. The summed E-state index contributed by atoms with van der Waals surface area (Å²) in [6.07, 6.45) is 9.17. The zero-order valence-corrected chi connectivity index (χ0v) is 22.3. The molecule has 1 aromatic heterocycles. The summed E-state index contributed by atoms with van der Waals surface area (Å²) >= 11 is 0. The summed E-state index contributed by atoms with van der Waals surface area (Å²) in [5.74, 6) is -0.0766. The van der Waals surface area contributed by atoms with Gasteiger partial charge in [0.05, 0.1) is 12.3 Å².